The summed E-state index contributed by atoms with van der Waals surface area (Å²) in [4.78, 5) is 26.5. The van der Waals surface area contributed by atoms with Gasteiger partial charge in [0, 0.05) is 16.5 Å². The molecule has 0 radical (unpaired) electrons. The summed E-state index contributed by atoms with van der Waals surface area (Å²) in [6.45, 7) is 5.73. The van der Waals surface area contributed by atoms with Gasteiger partial charge >= 0.3 is 0 Å². The number of carbonyl (C=O) groups is 2. The Morgan fingerprint density at radius 3 is 2.52 bits per heavy atom. The van der Waals surface area contributed by atoms with Crippen LogP contribution >= 0.6 is 28.1 Å². The summed E-state index contributed by atoms with van der Waals surface area (Å²) < 4.78 is 0.791. The van der Waals surface area contributed by atoms with Crippen LogP contribution in [-0.2, 0) is 9.59 Å². The van der Waals surface area contributed by atoms with Crippen LogP contribution in [0.2, 0.25) is 0 Å². The number of nitrogens with two attached hydrogens (primary N) is 1. The van der Waals surface area contributed by atoms with Crippen LogP contribution in [0.4, 0.5) is 5.69 Å². The summed E-state index contributed by atoms with van der Waals surface area (Å²) in [5.74, 6) is -0.332. The van der Waals surface area contributed by atoms with Gasteiger partial charge in [-0.2, -0.15) is 0 Å². The van der Waals surface area contributed by atoms with E-state index < -0.39 is 5.41 Å². The second-order valence-electron chi connectivity index (χ2n) is 5.81. The summed E-state index contributed by atoms with van der Waals surface area (Å²) in [6, 6.07) is 5.19. The zero-order valence-electron chi connectivity index (χ0n) is 12.1. The topological polar surface area (TPSA) is 63.4 Å². The second kappa shape index (κ2) is 5.50. The van der Waals surface area contributed by atoms with E-state index in [1.54, 1.807) is 18.2 Å². The van der Waals surface area contributed by atoms with Gasteiger partial charge in [0.05, 0.1) is 11.1 Å². The smallest absolute Gasteiger partial charge is 0.240 e. The van der Waals surface area contributed by atoms with Gasteiger partial charge in [-0.05, 0) is 31.0 Å². The van der Waals surface area contributed by atoms with Crippen LogP contribution < -0.4 is 10.6 Å². The standard InChI is InChI=1S/C15H17BrN2O2S/c1-8(2)15(3)7-12(19)18(14(15)20)11-5-4-9(16)6-10(11)13(17)21/h4-6,8H,7H2,1-3H3,(H2,17,21). The third-order valence-electron chi connectivity index (χ3n) is 4.20. The van der Waals surface area contributed by atoms with Crippen LogP contribution in [0.3, 0.4) is 0 Å². The fourth-order valence-corrected chi connectivity index (χ4v) is 2.96. The Labute approximate surface area is 137 Å². The molecule has 1 aromatic rings. The van der Waals surface area contributed by atoms with Crippen LogP contribution in [0.15, 0.2) is 22.7 Å². The third kappa shape index (κ3) is 2.62. The zero-order chi connectivity index (χ0) is 15.9. The van der Waals surface area contributed by atoms with Crippen molar-refractivity contribution in [3.63, 3.8) is 0 Å². The molecule has 0 spiro atoms. The number of hydrogen-bond donors (Lipinski definition) is 1. The molecule has 0 saturated carbocycles. The predicted molar refractivity (Wildman–Crippen MR) is 90.1 cm³/mol. The molecule has 2 amide bonds. The Morgan fingerprint density at radius 1 is 1.43 bits per heavy atom. The van der Waals surface area contributed by atoms with Crippen molar-refractivity contribution in [2.45, 2.75) is 27.2 Å². The number of anilines is 1. The average Bonchev–Trinajstić information content (AvgIpc) is 2.62. The molecule has 2 rings (SSSR count). The summed E-state index contributed by atoms with van der Waals surface area (Å²) in [5, 5.41) is 0. The molecular weight excluding hydrogens is 352 g/mol. The van der Waals surface area contributed by atoms with Gasteiger partial charge in [-0.3, -0.25) is 9.59 Å². The van der Waals surface area contributed by atoms with Crippen molar-refractivity contribution in [2.75, 3.05) is 4.90 Å². The molecule has 0 aromatic heterocycles. The minimum atomic E-state index is -0.683. The van der Waals surface area contributed by atoms with E-state index in [9.17, 15) is 9.59 Å². The normalized spacial score (nSPS) is 22.2. The molecule has 6 heteroatoms. The van der Waals surface area contributed by atoms with Gasteiger partial charge in [0.1, 0.15) is 4.99 Å². The van der Waals surface area contributed by atoms with Crippen molar-refractivity contribution in [3.05, 3.63) is 28.2 Å². The molecule has 1 aliphatic rings. The third-order valence-corrected chi connectivity index (χ3v) is 4.91. The van der Waals surface area contributed by atoms with Crippen molar-refractivity contribution in [2.24, 2.45) is 17.1 Å². The first-order valence-electron chi connectivity index (χ1n) is 6.65. The molecule has 1 atom stereocenters. The maximum absolute atomic E-state index is 12.7. The molecule has 1 unspecified atom stereocenters. The molecule has 1 aliphatic heterocycles. The van der Waals surface area contributed by atoms with Crippen LogP contribution in [0.5, 0.6) is 0 Å². The van der Waals surface area contributed by atoms with Gasteiger partial charge in [-0.25, -0.2) is 4.90 Å². The summed E-state index contributed by atoms with van der Waals surface area (Å²) in [5.41, 5.74) is 6.03. The van der Waals surface area contributed by atoms with E-state index in [4.69, 9.17) is 18.0 Å². The average molecular weight is 369 g/mol. The summed E-state index contributed by atoms with van der Waals surface area (Å²) in [7, 11) is 0. The van der Waals surface area contributed by atoms with Gasteiger partial charge < -0.3 is 5.73 Å². The maximum atomic E-state index is 12.7. The molecule has 112 valence electrons. The van der Waals surface area contributed by atoms with Crippen molar-refractivity contribution >= 4 is 50.6 Å². The number of benzene rings is 1. The quantitative estimate of drug-likeness (QED) is 0.657. The monoisotopic (exact) mass is 368 g/mol. The van der Waals surface area contributed by atoms with Crippen LogP contribution in [0, 0.1) is 11.3 Å². The van der Waals surface area contributed by atoms with E-state index in [1.807, 2.05) is 20.8 Å². The minimum Gasteiger partial charge on any atom is -0.389 e. The first-order valence-corrected chi connectivity index (χ1v) is 7.85. The highest BCUT2D eigenvalue weighted by atomic mass is 79.9. The fourth-order valence-electron chi connectivity index (χ4n) is 2.43. The van der Waals surface area contributed by atoms with Crippen LogP contribution in [-0.4, -0.2) is 16.8 Å². The molecule has 21 heavy (non-hydrogen) atoms. The number of halogens is 1. The molecule has 0 bridgehead atoms. The first kappa shape index (κ1) is 16.1. The van der Waals surface area contributed by atoms with Gasteiger partial charge in [-0.15, -0.1) is 0 Å². The van der Waals surface area contributed by atoms with E-state index in [1.165, 1.54) is 4.90 Å². The van der Waals surface area contributed by atoms with Gasteiger partial charge in [0.15, 0.2) is 0 Å². The number of carbonyl (C=O) groups excluding carboxylic acids is 2. The van der Waals surface area contributed by atoms with Gasteiger partial charge in [0.2, 0.25) is 11.8 Å². The molecule has 1 fully saturated rings. The van der Waals surface area contributed by atoms with Crippen molar-refractivity contribution in [3.8, 4) is 0 Å². The molecule has 1 saturated heterocycles. The lowest BCUT2D eigenvalue weighted by atomic mass is 9.78. The van der Waals surface area contributed by atoms with E-state index in [-0.39, 0.29) is 29.1 Å². The van der Waals surface area contributed by atoms with E-state index in [0.717, 1.165) is 4.47 Å². The highest BCUT2D eigenvalue weighted by Gasteiger charge is 2.51. The van der Waals surface area contributed by atoms with Crippen molar-refractivity contribution in [1.29, 1.82) is 0 Å². The molecular formula is C15H17BrN2O2S. The number of thiocarbonyl (C=S) groups is 1. The Morgan fingerprint density at radius 2 is 2.05 bits per heavy atom. The Hall–Kier alpha value is -1.27. The van der Waals surface area contributed by atoms with Crippen molar-refractivity contribution < 1.29 is 9.59 Å². The predicted octanol–water partition coefficient (Wildman–Crippen LogP) is 3.01. The van der Waals surface area contributed by atoms with Crippen LogP contribution in [0.25, 0.3) is 0 Å². The Kier molecular flexibility index (Phi) is 4.22. The number of nitrogens with zero attached hydrogens (tertiary/aromatic N) is 1. The van der Waals surface area contributed by atoms with Crippen LogP contribution in [0.1, 0.15) is 32.8 Å². The SMILES string of the molecule is CC(C)C1(C)CC(=O)N(c2ccc(Br)cc2C(N)=S)C1=O. The summed E-state index contributed by atoms with van der Waals surface area (Å²) >= 11 is 8.38. The lowest BCUT2D eigenvalue weighted by molar-refractivity contribution is -0.126. The second-order valence-corrected chi connectivity index (χ2v) is 7.16. The van der Waals surface area contributed by atoms with E-state index in [2.05, 4.69) is 15.9 Å². The van der Waals surface area contributed by atoms with E-state index >= 15 is 0 Å². The first-order chi connectivity index (χ1) is 9.68. The molecule has 2 N–H and O–H groups in total. The Balaban J connectivity index is 2.56. The summed E-state index contributed by atoms with van der Waals surface area (Å²) in [6.07, 6.45) is 0.205. The maximum Gasteiger partial charge on any atom is 0.240 e. The van der Waals surface area contributed by atoms with Gasteiger partial charge in [0.25, 0.3) is 0 Å². The van der Waals surface area contributed by atoms with Crippen molar-refractivity contribution in [1.82, 2.24) is 0 Å². The highest BCUT2D eigenvalue weighted by molar-refractivity contribution is 9.10. The highest BCUT2D eigenvalue weighted by Crippen LogP contribution is 2.42. The number of hydrogen-bond acceptors (Lipinski definition) is 3. The Bertz CT molecular complexity index is 645. The van der Waals surface area contributed by atoms with E-state index in [0.29, 0.717) is 11.3 Å². The molecule has 4 nitrogen and oxygen atoms in total. The molecule has 1 aromatic carbocycles. The largest absolute Gasteiger partial charge is 0.389 e. The lowest BCUT2D eigenvalue weighted by Crippen LogP contribution is -2.37. The molecule has 1 heterocycles. The zero-order valence-corrected chi connectivity index (χ0v) is 14.5. The number of rotatable bonds is 3. The lowest BCUT2D eigenvalue weighted by Gasteiger charge is -2.26. The number of imide groups is 1. The van der Waals surface area contributed by atoms with Gasteiger partial charge in [-0.1, -0.05) is 42.0 Å². The fraction of sp³-hybridized carbons (Fsp3) is 0.400. The number of amides is 2. The molecule has 0 aliphatic carbocycles. The minimum absolute atomic E-state index is 0.0719.